The van der Waals surface area contributed by atoms with Crippen LogP contribution in [0.3, 0.4) is 0 Å². The Kier molecular flexibility index (Phi) is 2.39. The van der Waals surface area contributed by atoms with Gasteiger partial charge in [-0.25, -0.2) is 0 Å². The molecule has 2 aliphatic heterocycles. The second-order valence-corrected chi connectivity index (χ2v) is 7.15. The lowest BCUT2D eigenvalue weighted by Crippen LogP contribution is -2.60. The van der Waals surface area contributed by atoms with Crippen LogP contribution in [0.2, 0.25) is 0 Å². The van der Waals surface area contributed by atoms with Crippen LogP contribution in [0.5, 0.6) is 11.5 Å². The van der Waals surface area contributed by atoms with Crippen LogP contribution in [0.25, 0.3) is 0 Å². The van der Waals surface area contributed by atoms with Gasteiger partial charge in [-0.2, -0.15) is 0 Å². The zero-order valence-electron chi connectivity index (χ0n) is 13.0. The van der Waals surface area contributed by atoms with Crippen LogP contribution in [-0.2, 0) is 11.8 Å². The van der Waals surface area contributed by atoms with Crippen molar-refractivity contribution < 1.29 is 14.6 Å². The van der Waals surface area contributed by atoms with Crippen molar-refractivity contribution in [3.05, 3.63) is 34.9 Å². The molecule has 2 aliphatic carbocycles. The van der Waals surface area contributed by atoms with Gasteiger partial charge in [-0.05, 0) is 43.5 Å². The summed E-state index contributed by atoms with van der Waals surface area (Å²) in [7, 11) is 3.90. The molecule has 0 amide bonds. The molecule has 2 bridgehead atoms. The monoisotopic (exact) mass is 299 g/mol. The first-order valence-corrected chi connectivity index (χ1v) is 8.10. The molecular formula is C18H21NO3. The van der Waals surface area contributed by atoms with E-state index in [1.54, 1.807) is 7.11 Å². The van der Waals surface area contributed by atoms with Gasteiger partial charge >= 0.3 is 0 Å². The Morgan fingerprint density at radius 1 is 1.41 bits per heavy atom. The first kappa shape index (κ1) is 13.0. The molecule has 5 rings (SSSR count). The third-order valence-corrected chi connectivity index (χ3v) is 6.19. The van der Waals surface area contributed by atoms with Gasteiger partial charge in [0, 0.05) is 18.2 Å². The van der Waals surface area contributed by atoms with E-state index in [1.807, 2.05) is 6.07 Å². The van der Waals surface area contributed by atoms with Crippen LogP contribution in [0.1, 0.15) is 24.0 Å². The van der Waals surface area contributed by atoms with Gasteiger partial charge in [0.15, 0.2) is 11.5 Å². The number of likely N-dealkylation sites (tertiary alicyclic amines) is 1. The number of rotatable bonds is 1. The van der Waals surface area contributed by atoms with E-state index in [4.69, 9.17) is 9.47 Å². The van der Waals surface area contributed by atoms with Crippen molar-refractivity contribution in [3.8, 4) is 11.5 Å². The molecule has 0 aromatic heterocycles. The molecule has 2 heterocycles. The van der Waals surface area contributed by atoms with E-state index in [1.165, 1.54) is 16.7 Å². The number of piperidine rings is 1. The Bertz CT molecular complexity index is 698. The second kappa shape index (κ2) is 4.06. The molecule has 22 heavy (non-hydrogen) atoms. The van der Waals surface area contributed by atoms with Crippen LogP contribution in [0, 0.1) is 0 Å². The average Bonchev–Trinajstić information content (AvgIpc) is 2.88. The maximum Gasteiger partial charge on any atom is 0.166 e. The van der Waals surface area contributed by atoms with Gasteiger partial charge < -0.3 is 14.6 Å². The first-order valence-electron chi connectivity index (χ1n) is 8.10. The van der Waals surface area contributed by atoms with Crippen LogP contribution >= 0.6 is 0 Å². The number of nitrogens with zero attached hydrogens (tertiary/aromatic N) is 1. The lowest BCUT2D eigenvalue weighted by atomic mass is 9.57. The maximum atomic E-state index is 10.6. The van der Waals surface area contributed by atoms with Gasteiger partial charge in [-0.15, -0.1) is 0 Å². The summed E-state index contributed by atoms with van der Waals surface area (Å²) in [6.07, 6.45) is 4.45. The molecule has 4 aliphatic rings. The number of benzene rings is 1. The van der Waals surface area contributed by atoms with Crippen molar-refractivity contribution in [1.29, 1.82) is 0 Å². The minimum atomic E-state index is -0.434. The molecule has 4 heteroatoms. The molecule has 116 valence electrons. The SMILES string of the molecule is COc1ccc2c3c1O[C@H]1C(O)CC=C4CN(C)[C@H](C2)C[C@]431. The number of aliphatic hydroxyl groups excluding tert-OH is 1. The number of ether oxygens (including phenoxy) is 2. The van der Waals surface area contributed by atoms with E-state index in [-0.39, 0.29) is 11.5 Å². The Labute approximate surface area is 130 Å². The van der Waals surface area contributed by atoms with Crippen molar-refractivity contribution >= 4 is 0 Å². The Morgan fingerprint density at radius 2 is 2.27 bits per heavy atom. The van der Waals surface area contributed by atoms with Gasteiger partial charge in [-0.3, -0.25) is 4.90 Å². The van der Waals surface area contributed by atoms with E-state index in [9.17, 15) is 5.11 Å². The number of fused-ring (bicyclic) bond motifs is 1. The van der Waals surface area contributed by atoms with E-state index in [0.29, 0.717) is 12.5 Å². The molecular weight excluding hydrogens is 278 g/mol. The molecule has 1 aromatic carbocycles. The minimum absolute atomic E-state index is 0.133. The van der Waals surface area contributed by atoms with Gasteiger partial charge in [0.2, 0.25) is 0 Å². The Morgan fingerprint density at radius 3 is 3.09 bits per heavy atom. The normalized spacial score (nSPS) is 38.1. The highest BCUT2D eigenvalue weighted by molar-refractivity contribution is 5.64. The van der Waals surface area contributed by atoms with Crippen LogP contribution in [0.15, 0.2) is 23.8 Å². The summed E-state index contributed by atoms with van der Waals surface area (Å²) in [4.78, 5) is 2.46. The number of hydrogen-bond donors (Lipinski definition) is 1. The molecule has 1 spiro atoms. The van der Waals surface area contributed by atoms with Crippen LogP contribution in [0.4, 0.5) is 0 Å². The van der Waals surface area contributed by atoms with Gasteiger partial charge in [0.05, 0.1) is 18.6 Å². The molecule has 4 nitrogen and oxygen atoms in total. The molecule has 1 fully saturated rings. The van der Waals surface area contributed by atoms with Gasteiger partial charge in [0.1, 0.15) is 6.10 Å². The number of hydrogen-bond acceptors (Lipinski definition) is 4. The fourth-order valence-electron chi connectivity index (χ4n) is 5.19. The summed E-state index contributed by atoms with van der Waals surface area (Å²) in [6.45, 7) is 0.980. The summed E-state index contributed by atoms with van der Waals surface area (Å²) < 4.78 is 11.8. The summed E-state index contributed by atoms with van der Waals surface area (Å²) >= 11 is 0. The second-order valence-electron chi connectivity index (χ2n) is 7.15. The average molecular weight is 299 g/mol. The minimum Gasteiger partial charge on any atom is -0.493 e. The summed E-state index contributed by atoms with van der Waals surface area (Å²) in [5.41, 5.74) is 3.95. The third-order valence-electron chi connectivity index (χ3n) is 6.19. The summed E-state index contributed by atoms with van der Waals surface area (Å²) in [5.74, 6) is 1.67. The van der Waals surface area contributed by atoms with Crippen LogP contribution < -0.4 is 9.47 Å². The molecule has 4 atom stereocenters. The zero-order chi connectivity index (χ0) is 15.1. The highest BCUT2D eigenvalue weighted by atomic mass is 16.5. The van der Waals surface area contributed by atoms with Crippen molar-refractivity contribution in [2.24, 2.45) is 0 Å². The van der Waals surface area contributed by atoms with E-state index >= 15 is 0 Å². The number of methoxy groups -OCH3 is 1. The predicted molar refractivity (Wildman–Crippen MR) is 82.5 cm³/mol. The molecule has 1 unspecified atom stereocenters. The molecule has 0 radical (unpaired) electrons. The maximum absolute atomic E-state index is 10.6. The van der Waals surface area contributed by atoms with Crippen molar-refractivity contribution in [3.63, 3.8) is 0 Å². The fraction of sp³-hybridized carbons (Fsp3) is 0.556. The fourth-order valence-corrected chi connectivity index (χ4v) is 5.19. The highest BCUT2D eigenvalue weighted by Gasteiger charge is 2.61. The van der Waals surface area contributed by atoms with Gasteiger partial charge in [-0.1, -0.05) is 12.1 Å². The van der Waals surface area contributed by atoms with Crippen molar-refractivity contribution in [2.75, 3.05) is 20.7 Å². The quantitative estimate of drug-likeness (QED) is 0.801. The Hall–Kier alpha value is -1.52. The molecule has 0 saturated carbocycles. The number of aliphatic hydroxyl groups is 1. The number of likely N-dealkylation sites (N-methyl/N-ethyl adjacent to an activating group) is 1. The standard InChI is InChI=1S/C18H21NO3/c1-19-9-11-4-5-13(20)17-18(11)8-12(19)7-10-3-6-14(21-2)16(22-17)15(10)18/h3-4,6,12-13,17,20H,5,7-9H2,1-2H3/t12-,13?,17+,18+/m1/s1. The third kappa shape index (κ3) is 1.32. The first-order chi connectivity index (χ1) is 10.6. The molecule has 1 aromatic rings. The smallest absolute Gasteiger partial charge is 0.166 e. The highest BCUT2D eigenvalue weighted by Crippen LogP contribution is 2.61. The van der Waals surface area contributed by atoms with E-state index in [2.05, 4.69) is 24.1 Å². The zero-order valence-corrected chi connectivity index (χ0v) is 13.0. The lowest BCUT2D eigenvalue weighted by molar-refractivity contribution is -0.0149. The molecule has 1 saturated heterocycles. The van der Waals surface area contributed by atoms with E-state index in [0.717, 1.165) is 30.9 Å². The summed E-state index contributed by atoms with van der Waals surface area (Å²) in [5, 5.41) is 10.6. The lowest BCUT2D eigenvalue weighted by Gasteiger charge is -2.53. The predicted octanol–water partition coefficient (Wildman–Crippen LogP) is 1.65. The van der Waals surface area contributed by atoms with Crippen molar-refractivity contribution in [1.82, 2.24) is 4.90 Å². The van der Waals surface area contributed by atoms with Crippen molar-refractivity contribution in [2.45, 2.75) is 42.9 Å². The van der Waals surface area contributed by atoms with Crippen LogP contribution in [-0.4, -0.2) is 49.0 Å². The topological polar surface area (TPSA) is 41.9 Å². The van der Waals surface area contributed by atoms with E-state index < -0.39 is 6.10 Å². The summed E-state index contributed by atoms with van der Waals surface area (Å²) in [6, 6.07) is 4.73. The Balaban J connectivity index is 1.83. The largest absolute Gasteiger partial charge is 0.493 e. The van der Waals surface area contributed by atoms with Gasteiger partial charge in [0.25, 0.3) is 0 Å². The molecule has 1 N–H and O–H groups in total.